The average Bonchev–Trinajstić information content (AvgIpc) is 2.83. The number of ether oxygens (including phenoxy) is 1. The summed E-state index contributed by atoms with van der Waals surface area (Å²) >= 11 is 0. The number of nitrogens with zero attached hydrogens (tertiary/aromatic N) is 1. The molecule has 0 aromatic heterocycles. The van der Waals surface area contributed by atoms with Crippen LogP contribution in [0.25, 0.3) is 0 Å². The van der Waals surface area contributed by atoms with Gasteiger partial charge >= 0.3 is 6.03 Å². The lowest BCUT2D eigenvalue weighted by Crippen LogP contribution is -2.46. The summed E-state index contributed by atoms with van der Waals surface area (Å²) in [5.74, 6) is -0.164. The number of hydrogen-bond acceptors (Lipinski definition) is 5. The van der Waals surface area contributed by atoms with Crippen molar-refractivity contribution < 1.29 is 19.4 Å². The van der Waals surface area contributed by atoms with E-state index in [9.17, 15) is 14.7 Å². The molecule has 2 heterocycles. The highest BCUT2D eigenvalue weighted by atomic mass is 16.5. The Labute approximate surface area is 187 Å². The predicted octanol–water partition coefficient (Wildman–Crippen LogP) is 2.32. The molecule has 2 aromatic rings. The Morgan fingerprint density at radius 2 is 2.00 bits per heavy atom. The monoisotopic (exact) mass is 438 g/mol. The van der Waals surface area contributed by atoms with Crippen LogP contribution in [0.4, 0.5) is 10.5 Å². The number of aliphatic hydroxyl groups is 1. The Balaban J connectivity index is 1.26. The zero-order chi connectivity index (χ0) is 22.7. The molecular weight excluding hydrogens is 408 g/mol. The maximum atomic E-state index is 12.5. The van der Waals surface area contributed by atoms with Crippen LogP contribution in [0.1, 0.15) is 42.2 Å². The van der Waals surface area contributed by atoms with E-state index in [4.69, 9.17) is 4.74 Å². The van der Waals surface area contributed by atoms with Crippen LogP contribution in [0.5, 0.6) is 0 Å². The number of aliphatic hydroxyl groups excluding tert-OH is 1. The number of amides is 3. The molecule has 2 aliphatic rings. The van der Waals surface area contributed by atoms with Crippen molar-refractivity contribution in [2.75, 3.05) is 25.5 Å². The second kappa shape index (κ2) is 9.58. The van der Waals surface area contributed by atoms with Crippen molar-refractivity contribution in [3.8, 4) is 0 Å². The van der Waals surface area contributed by atoms with Gasteiger partial charge in [0.1, 0.15) is 0 Å². The molecule has 1 saturated heterocycles. The molecule has 2 aromatic carbocycles. The minimum atomic E-state index is -0.498. The topological polar surface area (TPSA) is 103 Å². The first kappa shape index (κ1) is 22.1. The lowest BCUT2D eigenvalue weighted by Gasteiger charge is -2.40. The number of benzene rings is 2. The van der Waals surface area contributed by atoms with Crippen LogP contribution in [0.3, 0.4) is 0 Å². The van der Waals surface area contributed by atoms with E-state index in [1.807, 2.05) is 55.5 Å². The lowest BCUT2D eigenvalue weighted by atomic mass is 9.89. The minimum absolute atomic E-state index is 0.0104. The third-order valence-electron chi connectivity index (χ3n) is 6.31. The molecule has 2 bridgehead atoms. The van der Waals surface area contributed by atoms with Gasteiger partial charge in [-0.2, -0.15) is 0 Å². The molecule has 4 rings (SSSR count). The summed E-state index contributed by atoms with van der Waals surface area (Å²) in [6.45, 7) is 2.53. The highest BCUT2D eigenvalue weighted by Crippen LogP contribution is 2.39. The number of carbonyl (C=O) groups is 2. The van der Waals surface area contributed by atoms with E-state index in [1.54, 1.807) is 11.9 Å². The molecule has 4 N–H and O–H groups in total. The van der Waals surface area contributed by atoms with E-state index >= 15 is 0 Å². The minimum Gasteiger partial charge on any atom is -0.389 e. The van der Waals surface area contributed by atoms with Crippen molar-refractivity contribution in [2.24, 2.45) is 0 Å². The highest BCUT2D eigenvalue weighted by molar-refractivity contribution is 5.84. The molecule has 1 fully saturated rings. The highest BCUT2D eigenvalue weighted by Gasteiger charge is 2.36. The van der Waals surface area contributed by atoms with Gasteiger partial charge in [-0.1, -0.05) is 36.4 Å². The predicted molar refractivity (Wildman–Crippen MR) is 121 cm³/mol. The van der Waals surface area contributed by atoms with Gasteiger partial charge in [0, 0.05) is 31.3 Å². The molecule has 32 heavy (non-hydrogen) atoms. The van der Waals surface area contributed by atoms with Crippen molar-refractivity contribution >= 4 is 17.6 Å². The standard InChI is InChI=1S/C24H30N4O4/c1-15(17-6-4-3-5-7-17)28(2)23(30)13-26-24(31)25-12-16-8-9-19-18(10-16)22-11-20(27-19)21(29)14-32-22/h3-10,15,20-22,27,29H,11-14H2,1-2H3,(H2,25,26,31)/t15-,20+,21-,22-/m1/s1. The van der Waals surface area contributed by atoms with Gasteiger partial charge in [0.2, 0.25) is 5.91 Å². The molecule has 0 radical (unpaired) electrons. The van der Waals surface area contributed by atoms with Gasteiger partial charge in [0.25, 0.3) is 0 Å². The van der Waals surface area contributed by atoms with Crippen LogP contribution >= 0.6 is 0 Å². The number of rotatable bonds is 6. The molecule has 0 saturated carbocycles. The molecule has 3 amide bonds. The SMILES string of the molecule is C[C@H](c1ccccc1)N(C)C(=O)CNC(=O)NCc1ccc2c(c1)[C@H]1C[C@H](N2)[C@H](O)CO1. The second-order valence-corrected chi connectivity index (χ2v) is 8.42. The molecule has 0 unspecified atom stereocenters. The molecule has 8 heteroatoms. The number of urea groups is 1. The molecule has 0 spiro atoms. The van der Waals surface area contributed by atoms with Crippen LogP contribution in [0, 0.1) is 0 Å². The smallest absolute Gasteiger partial charge is 0.315 e. The maximum absolute atomic E-state index is 12.5. The van der Waals surface area contributed by atoms with Gasteiger partial charge < -0.3 is 30.7 Å². The fourth-order valence-electron chi connectivity index (χ4n) is 4.17. The first-order valence-electron chi connectivity index (χ1n) is 10.9. The summed E-state index contributed by atoms with van der Waals surface area (Å²) in [5.41, 5.74) is 3.98. The van der Waals surface area contributed by atoms with Gasteiger partial charge in [0.15, 0.2) is 0 Å². The van der Waals surface area contributed by atoms with Gasteiger partial charge in [-0.25, -0.2) is 4.79 Å². The van der Waals surface area contributed by atoms with Crippen LogP contribution < -0.4 is 16.0 Å². The van der Waals surface area contributed by atoms with Crippen molar-refractivity contribution in [2.45, 2.75) is 44.2 Å². The Kier molecular flexibility index (Phi) is 6.62. The number of carbonyl (C=O) groups excluding carboxylic acids is 2. The second-order valence-electron chi connectivity index (χ2n) is 8.42. The van der Waals surface area contributed by atoms with Crippen molar-refractivity contribution in [1.82, 2.24) is 15.5 Å². The number of hydrogen-bond donors (Lipinski definition) is 4. The van der Waals surface area contributed by atoms with Gasteiger partial charge in [0.05, 0.1) is 37.4 Å². The normalized spacial score (nSPS) is 22.2. The third-order valence-corrected chi connectivity index (χ3v) is 6.31. The van der Waals surface area contributed by atoms with Crippen LogP contribution in [-0.2, 0) is 16.1 Å². The van der Waals surface area contributed by atoms with E-state index in [1.165, 1.54) is 0 Å². The van der Waals surface area contributed by atoms with E-state index in [-0.39, 0.29) is 30.6 Å². The summed E-state index contributed by atoms with van der Waals surface area (Å²) in [4.78, 5) is 26.3. The quantitative estimate of drug-likeness (QED) is 0.554. The molecule has 4 atom stereocenters. The Morgan fingerprint density at radius 1 is 1.22 bits per heavy atom. The van der Waals surface area contributed by atoms with Crippen molar-refractivity contribution in [3.05, 3.63) is 65.2 Å². The zero-order valence-electron chi connectivity index (χ0n) is 18.4. The van der Waals surface area contributed by atoms with Gasteiger partial charge in [-0.3, -0.25) is 4.79 Å². The van der Waals surface area contributed by atoms with Crippen LogP contribution in [0.2, 0.25) is 0 Å². The lowest BCUT2D eigenvalue weighted by molar-refractivity contribution is -0.130. The molecule has 170 valence electrons. The first-order valence-corrected chi connectivity index (χ1v) is 10.9. The third kappa shape index (κ3) is 4.87. The summed E-state index contributed by atoms with van der Waals surface area (Å²) < 4.78 is 5.77. The van der Waals surface area contributed by atoms with Crippen molar-refractivity contribution in [3.63, 3.8) is 0 Å². The molecule has 2 aliphatic heterocycles. The molecular formula is C24H30N4O4. The van der Waals surface area contributed by atoms with Gasteiger partial charge in [-0.15, -0.1) is 0 Å². The molecule has 0 aliphatic carbocycles. The number of fused-ring (bicyclic) bond motifs is 4. The van der Waals surface area contributed by atoms with Crippen molar-refractivity contribution in [1.29, 1.82) is 0 Å². The Morgan fingerprint density at radius 3 is 2.78 bits per heavy atom. The fraction of sp³-hybridized carbons (Fsp3) is 0.417. The fourth-order valence-corrected chi connectivity index (χ4v) is 4.17. The first-order chi connectivity index (χ1) is 15.4. The summed E-state index contributed by atoms with van der Waals surface area (Å²) in [5, 5.41) is 18.8. The summed E-state index contributed by atoms with van der Waals surface area (Å²) in [6.07, 6.45) is 0.179. The van der Waals surface area contributed by atoms with Crippen LogP contribution in [0.15, 0.2) is 48.5 Å². The number of likely N-dealkylation sites (N-methyl/N-ethyl adjacent to an activating group) is 1. The van der Waals surface area contributed by atoms with E-state index in [0.717, 1.165) is 28.8 Å². The van der Waals surface area contributed by atoms with Crippen LogP contribution in [-0.4, -0.2) is 54.3 Å². The maximum Gasteiger partial charge on any atom is 0.315 e. The van der Waals surface area contributed by atoms with E-state index in [0.29, 0.717) is 13.2 Å². The average molecular weight is 439 g/mol. The van der Waals surface area contributed by atoms with E-state index < -0.39 is 12.1 Å². The van der Waals surface area contributed by atoms with E-state index in [2.05, 4.69) is 16.0 Å². The zero-order valence-corrected chi connectivity index (χ0v) is 18.4. The largest absolute Gasteiger partial charge is 0.389 e. The summed E-state index contributed by atoms with van der Waals surface area (Å²) in [7, 11) is 1.73. The Hall–Kier alpha value is -3.10. The number of nitrogens with one attached hydrogen (secondary N) is 3. The Bertz CT molecular complexity index is 968. The number of anilines is 1. The molecule has 8 nitrogen and oxygen atoms in total. The van der Waals surface area contributed by atoms with Gasteiger partial charge in [-0.05, 0) is 30.2 Å². The summed E-state index contributed by atoms with van der Waals surface area (Å²) in [6, 6.07) is 15.2.